The van der Waals surface area contributed by atoms with Gasteiger partial charge in [0, 0.05) is 16.8 Å². The number of amides is 3. The van der Waals surface area contributed by atoms with Crippen LogP contribution in [0.5, 0.6) is 0 Å². The molecule has 0 saturated heterocycles. The van der Waals surface area contributed by atoms with Gasteiger partial charge in [-0.15, -0.1) is 11.3 Å². The van der Waals surface area contributed by atoms with Crippen molar-refractivity contribution >= 4 is 34.1 Å². The molecule has 0 atom stereocenters. The van der Waals surface area contributed by atoms with E-state index in [-0.39, 0.29) is 12.3 Å². The minimum Gasteiger partial charge on any atom is -0.351 e. The largest absolute Gasteiger partial charge is 0.351 e. The predicted molar refractivity (Wildman–Crippen MR) is 88.2 cm³/mol. The van der Waals surface area contributed by atoms with Crippen molar-refractivity contribution in [1.82, 2.24) is 4.98 Å². The van der Waals surface area contributed by atoms with Gasteiger partial charge >= 0.3 is 6.03 Å². The van der Waals surface area contributed by atoms with Crippen LogP contribution >= 0.6 is 11.3 Å². The Morgan fingerprint density at radius 3 is 2.45 bits per heavy atom. The first-order valence-electron chi connectivity index (χ1n) is 6.85. The van der Waals surface area contributed by atoms with Gasteiger partial charge in [-0.2, -0.15) is 0 Å². The van der Waals surface area contributed by atoms with Gasteiger partial charge in [0.05, 0.1) is 6.42 Å². The summed E-state index contributed by atoms with van der Waals surface area (Å²) in [5, 5.41) is 5.87. The molecule has 0 fully saturated rings. The zero-order valence-electron chi connectivity index (χ0n) is 12.4. The van der Waals surface area contributed by atoms with E-state index in [0.717, 1.165) is 10.4 Å². The molecule has 0 bridgehead atoms. The highest BCUT2D eigenvalue weighted by atomic mass is 32.1. The SMILES string of the molecule is CC(C)c1cnc(NC(=O)Cc2ccc(NC(N)=O)cc2)s1. The number of carbonyl (C=O) groups excluding carboxylic acids is 2. The topological polar surface area (TPSA) is 97.1 Å². The van der Waals surface area contributed by atoms with Crippen molar-refractivity contribution in [2.75, 3.05) is 10.6 Å². The third-order valence-electron chi connectivity index (χ3n) is 2.93. The molecule has 2 rings (SSSR count). The molecule has 0 aliphatic heterocycles. The summed E-state index contributed by atoms with van der Waals surface area (Å²) in [5.41, 5.74) is 6.47. The number of aromatic nitrogens is 1. The summed E-state index contributed by atoms with van der Waals surface area (Å²) in [7, 11) is 0. The molecule has 0 aliphatic carbocycles. The van der Waals surface area contributed by atoms with Gasteiger partial charge in [-0.1, -0.05) is 26.0 Å². The second-order valence-electron chi connectivity index (χ2n) is 5.13. The number of urea groups is 1. The number of nitrogens with zero attached hydrogens (tertiary/aromatic N) is 1. The number of rotatable bonds is 5. The number of primary amides is 1. The third-order valence-corrected chi connectivity index (χ3v) is 4.14. The number of nitrogens with two attached hydrogens (primary N) is 1. The number of hydrogen-bond acceptors (Lipinski definition) is 4. The average molecular weight is 318 g/mol. The highest BCUT2D eigenvalue weighted by Crippen LogP contribution is 2.25. The Labute approximate surface area is 132 Å². The summed E-state index contributed by atoms with van der Waals surface area (Å²) >= 11 is 1.48. The Bertz CT molecular complexity index is 664. The summed E-state index contributed by atoms with van der Waals surface area (Å²) in [4.78, 5) is 28.0. The Balaban J connectivity index is 1.92. The first-order valence-corrected chi connectivity index (χ1v) is 7.66. The third kappa shape index (κ3) is 4.56. The Morgan fingerprint density at radius 1 is 1.23 bits per heavy atom. The number of nitrogens with one attached hydrogen (secondary N) is 2. The van der Waals surface area contributed by atoms with Crippen LogP contribution in [0.25, 0.3) is 0 Å². The lowest BCUT2D eigenvalue weighted by Crippen LogP contribution is -2.19. The zero-order valence-corrected chi connectivity index (χ0v) is 13.2. The van der Waals surface area contributed by atoms with Crippen LogP contribution in [-0.4, -0.2) is 16.9 Å². The van der Waals surface area contributed by atoms with Crippen LogP contribution in [0, 0.1) is 0 Å². The highest BCUT2D eigenvalue weighted by Gasteiger charge is 2.09. The molecular formula is C15H18N4O2S. The van der Waals surface area contributed by atoms with Gasteiger partial charge in [-0.05, 0) is 23.6 Å². The number of thiazole rings is 1. The van der Waals surface area contributed by atoms with Crippen LogP contribution in [0.4, 0.5) is 15.6 Å². The molecule has 0 aliphatic rings. The predicted octanol–water partition coefficient (Wildman–Crippen LogP) is 2.94. The van der Waals surface area contributed by atoms with Crippen molar-refractivity contribution < 1.29 is 9.59 Å². The van der Waals surface area contributed by atoms with Crippen LogP contribution in [0.3, 0.4) is 0 Å². The summed E-state index contributed by atoms with van der Waals surface area (Å²) in [6, 6.07) is 6.33. The van der Waals surface area contributed by atoms with E-state index in [9.17, 15) is 9.59 Å². The smallest absolute Gasteiger partial charge is 0.316 e. The van der Waals surface area contributed by atoms with Crippen molar-refractivity contribution in [3.8, 4) is 0 Å². The molecule has 116 valence electrons. The fraction of sp³-hybridized carbons (Fsp3) is 0.267. The molecule has 0 saturated carbocycles. The van der Waals surface area contributed by atoms with Gasteiger partial charge in [-0.25, -0.2) is 9.78 Å². The van der Waals surface area contributed by atoms with E-state index in [4.69, 9.17) is 5.73 Å². The molecule has 4 N–H and O–H groups in total. The second-order valence-corrected chi connectivity index (χ2v) is 6.20. The fourth-order valence-corrected chi connectivity index (χ4v) is 2.64. The second kappa shape index (κ2) is 7.04. The van der Waals surface area contributed by atoms with Gasteiger partial charge in [-0.3, -0.25) is 4.79 Å². The van der Waals surface area contributed by atoms with Crippen molar-refractivity contribution in [2.24, 2.45) is 5.73 Å². The Kier molecular flexibility index (Phi) is 5.11. The monoisotopic (exact) mass is 318 g/mol. The minimum atomic E-state index is -0.616. The maximum absolute atomic E-state index is 12.0. The number of hydrogen-bond donors (Lipinski definition) is 3. The molecule has 0 unspecified atom stereocenters. The van der Waals surface area contributed by atoms with Gasteiger partial charge in [0.15, 0.2) is 5.13 Å². The molecule has 7 heteroatoms. The van der Waals surface area contributed by atoms with Crippen LogP contribution in [0.1, 0.15) is 30.2 Å². The van der Waals surface area contributed by atoms with Gasteiger partial charge in [0.2, 0.25) is 5.91 Å². The number of anilines is 2. The van der Waals surface area contributed by atoms with Crippen molar-refractivity contribution in [3.05, 3.63) is 40.9 Å². The van der Waals surface area contributed by atoms with Crippen molar-refractivity contribution in [2.45, 2.75) is 26.2 Å². The summed E-state index contributed by atoms with van der Waals surface area (Å²) < 4.78 is 0. The first kappa shape index (κ1) is 16.0. The maximum atomic E-state index is 12.0. The van der Waals surface area contributed by atoms with Gasteiger partial charge in [0.1, 0.15) is 0 Å². The van der Waals surface area contributed by atoms with E-state index in [0.29, 0.717) is 16.7 Å². The quantitative estimate of drug-likeness (QED) is 0.790. The first-order chi connectivity index (χ1) is 10.4. The average Bonchev–Trinajstić information content (AvgIpc) is 2.89. The molecule has 0 radical (unpaired) electrons. The van der Waals surface area contributed by atoms with E-state index in [1.54, 1.807) is 30.5 Å². The molecule has 6 nitrogen and oxygen atoms in total. The molecular weight excluding hydrogens is 300 g/mol. The lowest BCUT2D eigenvalue weighted by atomic mass is 10.1. The van der Waals surface area contributed by atoms with Gasteiger partial charge in [0.25, 0.3) is 0 Å². The summed E-state index contributed by atoms with van der Waals surface area (Å²) in [6.45, 7) is 4.17. The van der Waals surface area contributed by atoms with Crippen molar-refractivity contribution in [1.29, 1.82) is 0 Å². The van der Waals surface area contributed by atoms with Crippen LogP contribution in [0.15, 0.2) is 30.5 Å². The highest BCUT2D eigenvalue weighted by molar-refractivity contribution is 7.15. The van der Waals surface area contributed by atoms with Crippen LogP contribution in [0.2, 0.25) is 0 Å². The molecule has 1 heterocycles. The molecule has 1 aromatic carbocycles. The van der Waals surface area contributed by atoms with E-state index in [1.807, 2.05) is 0 Å². The Hall–Kier alpha value is -2.41. The number of carbonyl (C=O) groups is 2. The lowest BCUT2D eigenvalue weighted by Gasteiger charge is -2.05. The fourth-order valence-electron chi connectivity index (χ4n) is 1.81. The molecule has 22 heavy (non-hydrogen) atoms. The van der Waals surface area contributed by atoms with Crippen LogP contribution in [-0.2, 0) is 11.2 Å². The maximum Gasteiger partial charge on any atom is 0.316 e. The number of benzene rings is 1. The van der Waals surface area contributed by atoms with E-state index in [1.165, 1.54) is 11.3 Å². The lowest BCUT2D eigenvalue weighted by molar-refractivity contribution is -0.115. The zero-order chi connectivity index (χ0) is 16.1. The van der Waals surface area contributed by atoms with E-state index < -0.39 is 6.03 Å². The van der Waals surface area contributed by atoms with Crippen molar-refractivity contribution in [3.63, 3.8) is 0 Å². The molecule has 1 aromatic heterocycles. The van der Waals surface area contributed by atoms with Crippen LogP contribution < -0.4 is 16.4 Å². The normalized spacial score (nSPS) is 10.5. The summed E-state index contributed by atoms with van der Waals surface area (Å²) in [5.74, 6) is 0.272. The van der Waals surface area contributed by atoms with Gasteiger partial charge < -0.3 is 16.4 Å². The van der Waals surface area contributed by atoms with E-state index in [2.05, 4.69) is 29.5 Å². The Morgan fingerprint density at radius 2 is 1.91 bits per heavy atom. The molecule has 3 amide bonds. The summed E-state index contributed by atoms with van der Waals surface area (Å²) in [6.07, 6.45) is 2.03. The molecule has 2 aromatic rings. The molecule has 0 spiro atoms. The standard InChI is InChI=1S/C15H18N4O2S/c1-9(2)12-8-17-15(22-12)19-13(20)7-10-3-5-11(6-4-10)18-14(16)21/h3-6,8-9H,7H2,1-2H3,(H3,16,18,21)(H,17,19,20). The van der Waals surface area contributed by atoms with E-state index >= 15 is 0 Å². The minimum absolute atomic E-state index is 0.125.